The van der Waals surface area contributed by atoms with Crippen molar-refractivity contribution in [3.05, 3.63) is 63.7 Å². The molecule has 10 heteroatoms. The summed E-state index contributed by atoms with van der Waals surface area (Å²) < 4.78 is 5.17. The van der Waals surface area contributed by atoms with Crippen LogP contribution in [-0.4, -0.2) is 41.6 Å². The van der Waals surface area contributed by atoms with Crippen LogP contribution in [0.5, 0.6) is 0 Å². The number of nitrogens with one attached hydrogen (secondary N) is 2. The normalized spacial score (nSPS) is 12.8. The van der Waals surface area contributed by atoms with E-state index in [1.807, 2.05) is 11.8 Å². The van der Waals surface area contributed by atoms with Crippen LogP contribution in [-0.2, 0) is 4.74 Å². The van der Waals surface area contributed by atoms with E-state index in [1.54, 1.807) is 36.4 Å². The number of carbonyl (C=O) groups excluding carboxylic acids is 2. The number of rotatable bonds is 8. The number of nitrogens with zero attached hydrogens (tertiary/aromatic N) is 2. The third-order valence-corrected chi connectivity index (χ3v) is 5.42. The molecule has 1 heterocycles. The van der Waals surface area contributed by atoms with Crippen molar-refractivity contribution < 1.29 is 19.2 Å². The molecule has 0 saturated carbocycles. The molecule has 33 heavy (non-hydrogen) atoms. The lowest BCUT2D eigenvalue weighted by molar-refractivity contribution is -0.384. The number of hydrogen-bond acceptors (Lipinski definition) is 7. The second-order valence-electron chi connectivity index (χ2n) is 7.63. The third-order valence-electron chi connectivity index (χ3n) is 5.22. The summed E-state index contributed by atoms with van der Waals surface area (Å²) in [5.41, 5.74) is 1.53. The molecule has 1 aliphatic heterocycles. The van der Waals surface area contributed by atoms with E-state index >= 15 is 0 Å². The van der Waals surface area contributed by atoms with E-state index in [0.29, 0.717) is 23.5 Å². The van der Waals surface area contributed by atoms with E-state index in [2.05, 4.69) is 10.6 Å². The zero-order valence-electron chi connectivity index (χ0n) is 18.3. The second-order valence-corrected chi connectivity index (χ2v) is 8.04. The van der Waals surface area contributed by atoms with Gasteiger partial charge in [-0.3, -0.25) is 20.2 Å². The Hall–Kier alpha value is -3.53. The van der Waals surface area contributed by atoms with E-state index < -0.39 is 16.8 Å². The Morgan fingerprint density at radius 1 is 1.12 bits per heavy atom. The van der Waals surface area contributed by atoms with Gasteiger partial charge in [0, 0.05) is 30.4 Å². The Kier molecular flexibility index (Phi) is 8.31. The summed E-state index contributed by atoms with van der Waals surface area (Å²) in [7, 11) is 0. The molecule has 0 atom stereocenters. The van der Waals surface area contributed by atoms with Crippen molar-refractivity contribution in [2.24, 2.45) is 0 Å². The summed E-state index contributed by atoms with van der Waals surface area (Å²) >= 11 is 5.19. The van der Waals surface area contributed by atoms with Crippen LogP contribution in [0.25, 0.3) is 0 Å². The first-order valence-corrected chi connectivity index (χ1v) is 11.2. The standard InChI is InChI=1S/C23H26N4O5S/c1-2-3-14-32-22(29)16-6-9-18(10-7-16)24-23(33)25-21(28)17-8-11-19(20(15-17)27(30)31)26-12-4-5-13-26/h6-11,15H,2-5,12-14H2,1H3,(H2,24,25,28,33). The summed E-state index contributed by atoms with van der Waals surface area (Å²) in [5.74, 6) is -0.954. The minimum atomic E-state index is -0.556. The molecule has 2 N–H and O–H groups in total. The highest BCUT2D eigenvalue weighted by Gasteiger charge is 2.24. The Morgan fingerprint density at radius 3 is 2.42 bits per heavy atom. The summed E-state index contributed by atoms with van der Waals surface area (Å²) in [6.07, 6.45) is 3.72. The predicted octanol–water partition coefficient (Wildman–Crippen LogP) is 4.28. The maximum atomic E-state index is 12.6. The van der Waals surface area contributed by atoms with Crippen LogP contribution < -0.4 is 15.5 Å². The largest absolute Gasteiger partial charge is 0.462 e. The molecule has 1 fully saturated rings. The molecule has 0 bridgehead atoms. The van der Waals surface area contributed by atoms with Gasteiger partial charge < -0.3 is 15.0 Å². The molecule has 0 spiro atoms. The van der Waals surface area contributed by atoms with Crippen molar-refractivity contribution in [1.29, 1.82) is 0 Å². The molecule has 2 aromatic carbocycles. The Morgan fingerprint density at radius 2 is 1.79 bits per heavy atom. The van der Waals surface area contributed by atoms with Gasteiger partial charge in [0.15, 0.2) is 5.11 Å². The summed E-state index contributed by atoms with van der Waals surface area (Å²) in [5, 5.41) is 17.0. The Balaban J connectivity index is 1.60. The van der Waals surface area contributed by atoms with Crippen molar-refractivity contribution in [2.75, 3.05) is 29.9 Å². The highest BCUT2D eigenvalue weighted by atomic mass is 32.1. The predicted molar refractivity (Wildman–Crippen MR) is 130 cm³/mol. The van der Waals surface area contributed by atoms with E-state index in [0.717, 1.165) is 38.8 Å². The van der Waals surface area contributed by atoms with Crippen LogP contribution >= 0.6 is 12.2 Å². The number of hydrogen-bond donors (Lipinski definition) is 2. The van der Waals surface area contributed by atoms with Gasteiger partial charge in [0.1, 0.15) is 5.69 Å². The zero-order chi connectivity index (χ0) is 23.8. The third kappa shape index (κ3) is 6.48. The Bertz CT molecular complexity index is 1040. The lowest BCUT2D eigenvalue weighted by atomic mass is 10.1. The van der Waals surface area contributed by atoms with Gasteiger partial charge in [-0.25, -0.2) is 4.79 Å². The van der Waals surface area contributed by atoms with E-state index in [4.69, 9.17) is 17.0 Å². The molecule has 174 valence electrons. The fraction of sp³-hybridized carbons (Fsp3) is 0.348. The first-order chi connectivity index (χ1) is 15.9. The summed E-state index contributed by atoms with van der Waals surface area (Å²) in [6, 6.07) is 10.9. The molecule has 1 amide bonds. The molecule has 9 nitrogen and oxygen atoms in total. The fourth-order valence-electron chi connectivity index (χ4n) is 3.46. The number of benzene rings is 2. The highest BCUT2D eigenvalue weighted by molar-refractivity contribution is 7.80. The van der Waals surface area contributed by atoms with Crippen molar-refractivity contribution in [3.63, 3.8) is 0 Å². The number of ether oxygens (including phenoxy) is 1. The molecule has 3 rings (SSSR count). The van der Waals surface area contributed by atoms with Crippen molar-refractivity contribution >= 4 is 46.3 Å². The van der Waals surface area contributed by atoms with Gasteiger partial charge in [-0.15, -0.1) is 0 Å². The maximum absolute atomic E-state index is 12.6. The molecule has 1 aliphatic rings. The van der Waals surface area contributed by atoms with Crippen LogP contribution in [0.15, 0.2) is 42.5 Å². The zero-order valence-corrected chi connectivity index (χ0v) is 19.2. The molecule has 0 unspecified atom stereocenters. The van der Waals surface area contributed by atoms with Crippen LogP contribution in [0.2, 0.25) is 0 Å². The van der Waals surface area contributed by atoms with Gasteiger partial charge >= 0.3 is 5.97 Å². The van der Waals surface area contributed by atoms with Gasteiger partial charge in [-0.2, -0.15) is 0 Å². The number of thiocarbonyl (C=S) groups is 1. The number of nitro groups is 1. The molecule has 1 saturated heterocycles. The molecule has 0 aromatic heterocycles. The van der Waals surface area contributed by atoms with Crippen molar-refractivity contribution in [2.45, 2.75) is 32.6 Å². The van der Waals surface area contributed by atoms with E-state index in [9.17, 15) is 19.7 Å². The average Bonchev–Trinajstić information content (AvgIpc) is 3.34. The van der Waals surface area contributed by atoms with E-state index in [1.165, 1.54) is 6.07 Å². The SMILES string of the molecule is CCCCOC(=O)c1ccc(NC(=S)NC(=O)c2ccc(N3CCCC3)c([N+](=O)[O-])c2)cc1. The van der Waals surface area contributed by atoms with Gasteiger partial charge in [0.2, 0.25) is 0 Å². The van der Waals surface area contributed by atoms with Gasteiger partial charge in [0.25, 0.3) is 11.6 Å². The van der Waals surface area contributed by atoms with Crippen molar-refractivity contribution in [3.8, 4) is 0 Å². The molecular formula is C23H26N4O5S. The number of nitro benzene ring substituents is 1. The number of unbranched alkanes of at least 4 members (excludes halogenated alkanes) is 1. The van der Waals surface area contributed by atoms with Gasteiger partial charge in [-0.1, -0.05) is 13.3 Å². The molecule has 0 radical (unpaired) electrons. The quantitative estimate of drug-likeness (QED) is 0.193. The topological polar surface area (TPSA) is 114 Å². The first-order valence-electron chi connectivity index (χ1n) is 10.8. The molecular weight excluding hydrogens is 444 g/mol. The Labute approximate surface area is 197 Å². The number of anilines is 2. The number of carbonyl (C=O) groups is 2. The first kappa shape index (κ1) is 24.1. The smallest absolute Gasteiger partial charge is 0.338 e. The lowest BCUT2D eigenvalue weighted by Crippen LogP contribution is -2.34. The lowest BCUT2D eigenvalue weighted by Gasteiger charge is -2.18. The highest BCUT2D eigenvalue weighted by Crippen LogP contribution is 2.31. The van der Waals surface area contributed by atoms with Crippen LogP contribution in [0.4, 0.5) is 17.1 Å². The average molecular weight is 471 g/mol. The minimum Gasteiger partial charge on any atom is -0.462 e. The van der Waals surface area contributed by atoms with E-state index in [-0.39, 0.29) is 16.4 Å². The van der Waals surface area contributed by atoms with Gasteiger partial charge in [-0.05, 0) is 67.9 Å². The van der Waals surface area contributed by atoms with Crippen LogP contribution in [0, 0.1) is 10.1 Å². The monoisotopic (exact) mass is 470 g/mol. The summed E-state index contributed by atoms with van der Waals surface area (Å²) in [6.45, 7) is 3.91. The van der Waals surface area contributed by atoms with Crippen LogP contribution in [0.1, 0.15) is 53.3 Å². The minimum absolute atomic E-state index is 0.0320. The van der Waals surface area contributed by atoms with Crippen LogP contribution in [0.3, 0.4) is 0 Å². The van der Waals surface area contributed by atoms with Crippen molar-refractivity contribution in [1.82, 2.24) is 5.32 Å². The summed E-state index contributed by atoms with van der Waals surface area (Å²) in [4.78, 5) is 37.6. The maximum Gasteiger partial charge on any atom is 0.338 e. The van der Waals surface area contributed by atoms with Gasteiger partial charge in [0.05, 0.1) is 17.1 Å². The second kappa shape index (κ2) is 11.4. The number of esters is 1. The molecule has 2 aromatic rings. The number of amides is 1. The fourth-order valence-corrected chi connectivity index (χ4v) is 3.67. The molecule has 0 aliphatic carbocycles.